The van der Waals surface area contributed by atoms with Crippen LogP contribution in [0.25, 0.3) is 5.69 Å². The van der Waals surface area contributed by atoms with Gasteiger partial charge in [-0.1, -0.05) is 32.9 Å². The first-order valence-corrected chi connectivity index (χ1v) is 9.64. The van der Waals surface area contributed by atoms with Crippen LogP contribution in [-0.2, 0) is 5.41 Å². The van der Waals surface area contributed by atoms with Gasteiger partial charge in [-0.05, 0) is 61.2 Å². The van der Waals surface area contributed by atoms with Crippen LogP contribution in [-0.4, -0.2) is 26.5 Å². The lowest BCUT2D eigenvalue weighted by Gasteiger charge is -2.19. The Balaban J connectivity index is 1.85. The lowest BCUT2D eigenvalue weighted by molar-refractivity contribution is 0.0955. The molecule has 1 aromatic heterocycles. The van der Waals surface area contributed by atoms with E-state index in [-0.39, 0.29) is 16.7 Å². The average molecular weight is 406 g/mol. The number of phenolic OH excluding ortho intramolecular Hbond substituents is 1. The highest BCUT2D eigenvalue weighted by Gasteiger charge is 2.17. The molecule has 156 valence electrons. The number of hydrazone groups is 1. The van der Waals surface area contributed by atoms with E-state index in [2.05, 4.69) is 36.4 Å². The predicted molar refractivity (Wildman–Crippen MR) is 118 cm³/mol. The molecule has 0 aliphatic carbocycles. The maximum atomic E-state index is 13.0. The van der Waals surface area contributed by atoms with Gasteiger partial charge in [-0.2, -0.15) is 5.10 Å². The summed E-state index contributed by atoms with van der Waals surface area (Å²) in [6.45, 7) is 9.87. The molecule has 3 aromatic rings. The number of H-pyrrole nitrogens is 1. The molecule has 0 saturated carbocycles. The topological polar surface area (TPSA) is 99.5 Å². The molecule has 0 saturated heterocycles. The zero-order valence-electron chi connectivity index (χ0n) is 17.8. The van der Waals surface area contributed by atoms with Crippen LogP contribution in [0.3, 0.4) is 0 Å². The van der Waals surface area contributed by atoms with E-state index in [4.69, 9.17) is 0 Å². The minimum absolute atomic E-state index is 0.0270. The van der Waals surface area contributed by atoms with E-state index in [9.17, 15) is 14.7 Å². The number of aromatic amines is 1. The van der Waals surface area contributed by atoms with Crippen molar-refractivity contribution in [3.05, 3.63) is 81.3 Å². The molecule has 0 bridgehead atoms. The van der Waals surface area contributed by atoms with Gasteiger partial charge in [0, 0.05) is 11.3 Å². The fraction of sp³-hybridized carbons (Fsp3) is 0.261. The van der Waals surface area contributed by atoms with E-state index in [1.807, 2.05) is 24.3 Å². The van der Waals surface area contributed by atoms with Crippen molar-refractivity contribution >= 4 is 11.6 Å². The van der Waals surface area contributed by atoms with E-state index in [1.165, 1.54) is 34.5 Å². The van der Waals surface area contributed by atoms with Crippen molar-refractivity contribution in [3.8, 4) is 11.4 Å². The third-order valence-corrected chi connectivity index (χ3v) is 4.88. The Morgan fingerprint density at radius 2 is 1.67 bits per heavy atom. The standard InChI is InChI=1S/C23H26N4O3/c1-14(24-25-21(29)16-6-12-19(28)13-7-16)20-15(2)26-27(22(20)30)18-10-8-17(9-11-18)23(3,4)5/h6-13,26,28H,1-5H3,(H,25,29)/b24-14-. The molecule has 0 atom stereocenters. The summed E-state index contributed by atoms with van der Waals surface area (Å²) in [5.74, 6) is -0.356. The quantitative estimate of drug-likeness (QED) is 0.456. The number of aromatic hydroxyl groups is 1. The van der Waals surface area contributed by atoms with E-state index >= 15 is 0 Å². The van der Waals surface area contributed by atoms with Crippen LogP contribution in [0.5, 0.6) is 5.75 Å². The molecule has 1 amide bonds. The van der Waals surface area contributed by atoms with Gasteiger partial charge in [-0.25, -0.2) is 10.1 Å². The largest absolute Gasteiger partial charge is 0.508 e. The molecule has 0 unspecified atom stereocenters. The summed E-state index contributed by atoms with van der Waals surface area (Å²) in [6, 6.07) is 13.7. The molecule has 0 aliphatic rings. The van der Waals surface area contributed by atoms with Crippen LogP contribution >= 0.6 is 0 Å². The number of aryl methyl sites for hydroxylation is 1. The summed E-state index contributed by atoms with van der Waals surface area (Å²) >= 11 is 0. The number of amides is 1. The van der Waals surface area contributed by atoms with Gasteiger partial charge >= 0.3 is 0 Å². The van der Waals surface area contributed by atoms with E-state index in [0.717, 1.165) is 5.69 Å². The molecule has 3 N–H and O–H groups in total. The Morgan fingerprint density at radius 1 is 1.07 bits per heavy atom. The molecule has 30 heavy (non-hydrogen) atoms. The molecular formula is C23H26N4O3. The number of nitrogens with one attached hydrogen (secondary N) is 2. The summed E-state index contributed by atoms with van der Waals surface area (Å²) in [5, 5.41) is 16.5. The number of hydrogen-bond acceptors (Lipinski definition) is 4. The molecule has 2 aromatic carbocycles. The number of phenols is 1. The first-order valence-electron chi connectivity index (χ1n) is 9.64. The van der Waals surface area contributed by atoms with Crippen molar-refractivity contribution in [1.82, 2.24) is 15.2 Å². The third-order valence-electron chi connectivity index (χ3n) is 4.88. The number of nitrogens with zero attached hydrogens (tertiary/aromatic N) is 2. The molecule has 3 rings (SSSR count). The average Bonchev–Trinajstić information content (AvgIpc) is 3.00. The normalized spacial score (nSPS) is 12.1. The van der Waals surface area contributed by atoms with Crippen molar-refractivity contribution in [3.63, 3.8) is 0 Å². The number of aromatic nitrogens is 2. The fourth-order valence-corrected chi connectivity index (χ4v) is 3.13. The van der Waals surface area contributed by atoms with Crippen LogP contribution < -0.4 is 11.0 Å². The number of hydrogen-bond donors (Lipinski definition) is 3. The van der Waals surface area contributed by atoms with E-state index in [1.54, 1.807) is 13.8 Å². The zero-order valence-corrected chi connectivity index (χ0v) is 17.8. The second kappa shape index (κ2) is 8.02. The van der Waals surface area contributed by atoms with Gasteiger partial charge in [0.15, 0.2) is 0 Å². The number of benzene rings is 2. The van der Waals surface area contributed by atoms with Gasteiger partial charge in [-0.15, -0.1) is 0 Å². The van der Waals surface area contributed by atoms with Crippen LogP contribution in [0.2, 0.25) is 0 Å². The fourth-order valence-electron chi connectivity index (χ4n) is 3.13. The lowest BCUT2D eigenvalue weighted by Crippen LogP contribution is -2.23. The van der Waals surface area contributed by atoms with Gasteiger partial charge in [0.2, 0.25) is 0 Å². The summed E-state index contributed by atoms with van der Waals surface area (Å²) in [6.07, 6.45) is 0. The van der Waals surface area contributed by atoms with Crippen molar-refractivity contribution in [2.75, 3.05) is 0 Å². The van der Waals surface area contributed by atoms with Gasteiger partial charge in [-0.3, -0.25) is 14.7 Å². The van der Waals surface area contributed by atoms with Gasteiger partial charge in [0.25, 0.3) is 11.5 Å². The van der Waals surface area contributed by atoms with Gasteiger partial charge < -0.3 is 5.11 Å². The Bertz CT molecular complexity index is 1150. The smallest absolute Gasteiger partial charge is 0.280 e. The summed E-state index contributed by atoms with van der Waals surface area (Å²) in [4.78, 5) is 25.2. The van der Waals surface area contributed by atoms with Crippen molar-refractivity contribution in [2.24, 2.45) is 5.10 Å². The highest BCUT2D eigenvalue weighted by Crippen LogP contribution is 2.23. The molecular weight excluding hydrogens is 380 g/mol. The monoisotopic (exact) mass is 406 g/mol. The Morgan fingerprint density at radius 3 is 2.23 bits per heavy atom. The molecule has 0 aliphatic heterocycles. The first-order chi connectivity index (χ1) is 14.1. The highest BCUT2D eigenvalue weighted by atomic mass is 16.3. The van der Waals surface area contributed by atoms with Gasteiger partial charge in [0.05, 0.1) is 17.0 Å². The predicted octanol–water partition coefficient (Wildman–Crippen LogP) is 3.63. The van der Waals surface area contributed by atoms with E-state index < -0.39 is 5.91 Å². The van der Waals surface area contributed by atoms with Crippen LogP contribution in [0, 0.1) is 6.92 Å². The lowest BCUT2D eigenvalue weighted by atomic mass is 9.87. The maximum absolute atomic E-state index is 13.0. The maximum Gasteiger partial charge on any atom is 0.280 e. The van der Waals surface area contributed by atoms with Crippen molar-refractivity contribution < 1.29 is 9.90 Å². The summed E-state index contributed by atoms with van der Waals surface area (Å²) in [7, 11) is 0. The first kappa shape index (κ1) is 21.1. The number of carbonyl (C=O) groups excluding carboxylic acids is 1. The molecule has 0 spiro atoms. The Labute approximate surface area is 175 Å². The molecule has 1 heterocycles. The second-order valence-corrected chi connectivity index (χ2v) is 8.23. The SMILES string of the molecule is C/C(=N/NC(=O)c1ccc(O)cc1)c1c(C)[nH]n(-c2ccc(C(C)(C)C)cc2)c1=O. The number of carbonyl (C=O) groups is 1. The molecule has 0 radical (unpaired) electrons. The summed E-state index contributed by atoms with van der Waals surface area (Å²) in [5.41, 5.74) is 5.94. The van der Waals surface area contributed by atoms with Crippen LogP contribution in [0.1, 0.15) is 54.9 Å². The van der Waals surface area contributed by atoms with Crippen molar-refractivity contribution in [2.45, 2.75) is 40.0 Å². The molecule has 7 nitrogen and oxygen atoms in total. The minimum Gasteiger partial charge on any atom is -0.508 e. The van der Waals surface area contributed by atoms with Crippen LogP contribution in [0.4, 0.5) is 0 Å². The van der Waals surface area contributed by atoms with Gasteiger partial charge in [0.1, 0.15) is 5.75 Å². The van der Waals surface area contributed by atoms with E-state index in [0.29, 0.717) is 22.5 Å². The zero-order chi connectivity index (χ0) is 22.1. The number of rotatable bonds is 4. The molecule has 7 heteroatoms. The minimum atomic E-state index is -0.430. The molecule has 0 fully saturated rings. The van der Waals surface area contributed by atoms with Crippen LogP contribution in [0.15, 0.2) is 58.4 Å². The highest BCUT2D eigenvalue weighted by molar-refractivity contribution is 6.01. The third kappa shape index (κ3) is 4.35. The Hall–Kier alpha value is -3.61. The summed E-state index contributed by atoms with van der Waals surface area (Å²) < 4.78 is 1.47. The van der Waals surface area contributed by atoms with Crippen molar-refractivity contribution in [1.29, 1.82) is 0 Å². The second-order valence-electron chi connectivity index (χ2n) is 8.23. The Kier molecular flexibility index (Phi) is 5.64.